The van der Waals surface area contributed by atoms with Crippen molar-refractivity contribution >= 4 is 42.9 Å². The molecule has 172 valence electrons. The molecule has 0 atom stereocenters. The number of carboxylic acid groups (broad SMARTS) is 1. The predicted octanol–water partition coefficient (Wildman–Crippen LogP) is -1.74. The molecule has 0 radical (unpaired) electrons. The van der Waals surface area contributed by atoms with Crippen LogP contribution in [0.2, 0.25) is 0 Å². The summed E-state index contributed by atoms with van der Waals surface area (Å²) in [5, 5.41) is 31.6. The van der Waals surface area contributed by atoms with Gasteiger partial charge in [0.05, 0.1) is 24.3 Å². The lowest BCUT2D eigenvalue weighted by atomic mass is 9.78. The van der Waals surface area contributed by atoms with Gasteiger partial charge >= 0.3 is 20.2 Å². The number of nitrogens with one attached hydrogen (secondary N) is 2. The van der Waals surface area contributed by atoms with E-state index in [-0.39, 0.29) is 24.3 Å². The van der Waals surface area contributed by atoms with Crippen molar-refractivity contribution in [1.82, 2.24) is 10.6 Å². The molecule has 0 aliphatic carbocycles. The highest BCUT2D eigenvalue weighted by Gasteiger charge is 2.31. The van der Waals surface area contributed by atoms with Crippen LogP contribution in [0, 0.1) is 11.6 Å². The fourth-order valence-electron chi connectivity index (χ4n) is 3.22. The molecule has 4 rings (SSSR count). The van der Waals surface area contributed by atoms with Gasteiger partial charge in [-0.05, 0) is 46.3 Å². The van der Waals surface area contributed by atoms with Crippen molar-refractivity contribution < 1.29 is 47.6 Å². The summed E-state index contributed by atoms with van der Waals surface area (Å²) >= 11 is 0. The minimum Gasteiger partial charge on any atom is -0.480 e. The molecule has 0 fully saturated rings. The van der Waals surface area contributed by atoms with Crippen molar-refractivity contribution in [3.05, 3.63) is 58.2 Å². The highest BCUT2D eigenvalue weighted by molar-refractivity contribution is 6.62. The molecule has 5 N–H and O–H groups in total. The number of carbonyl (C=O) groups is 3. The second-order valence-electron chi connectivity index (χ2n) is 7.04. The average molecular weight is 462 g/mol. The van der Waals surface area contributed by atoms with Gasteiger partial charge in [-0.15, -0.1) is 0 Å². The van der Waals surface area contributed by atoms with E-state index < -0.39 is 50.2 Å². The number of carbonyl (C=O) groups excluding carboxylic acids is 2. The van der Waals surface area contributed by atoms with Gasteiger partial charge in [-0.2, -0.15) is 0 Å². The number of hydrogen-bond acceptors (Lipinski definition) is 7. The Morgan fingerprint density at radius 2 is 1.36 bits per heavy atom. The van der Waals surface area contributed by atoms with Gasteiger partial charge in [0.2, 0.25) is 0 Å². The Bertz CT molecular complexity index is 1120. The van der Waals surface area contributed by atoms with Crippen molar-refractivity contribution in [3.8, 4) is 0 Å². The lowest BCUT2D eigenvalue weighted by Crippen LogP contribution is -2.33. The number of carboxylic acids is 1. The quantitative estimate of drug-likeness (QED) is 0.336. The first-order chi connectivity index (χ1) is 15.6. The Balaban J connectivity index is 0.000000189. The van der Waals surface area contributed by atoms with Crippen LogP contribution < -0.4 is 21.6 Å². The first-order valence-corrected chi connectivity index (χ1v) is 9.58. The highest BCUT2D eigenvalue weighted by atomic mass is 19.1. The number of benzene rings is 2. The summed E-state index contributed by atoms with van der Waals surface area (Å²) < 4.78 is 36.8. The van der Waals surface area contributed by atoms with Gasteiger partial charge in [0.1, 0.15) is 18.2 Å². The van der Waals surface area contributed by atoms with Gasteiger partial charge in [-0.1, -0.05) is 0 Å². The Morgan fingerprint density at radius 1 is 0.909 bits per heavy atom. The SMILES string of the molecule is CNC(=O)c1cc2c(cc1F)COB2O.O=C(O)CNC(=O)c1cc2c(cc1F)COB2O. The molecular formula is C19H18B2F2N2O8. The van der Waals surface area contributed by atoms with E-state index in [4.69, 9.17) is 14.4 Å². The average Bonchev–Trinajstić information content (AvgIpc) is 3.32. The summed E-state index contributed by atoms with van der Waals surface area (Å²) in [6, 6.07) is 4.80. The van der Waals surface area contributed by atoms with E-state index >= 15 is 0 Å². The molecule has 33 heavy (non-hydrogen) atoms. The van der Waals surface area contributed by atoms with E-state index in [9.17, 15) is 33.2 Å². The van der Waals surface area contributed by atoms with E-state index in [0.29, 0.717) is 22.1 Å². The summed E-state index contributed by atoms with van der Waals surface area (Å²) in [5.41, 5.74) is 1.41. The molecule has 2 aromatic carbocycles. The van der Waals surface area contributed by atoms with Gasteiger partial charge in [-0.3, -0.25) is 14.4 Å². The molecule has 0 unspecified atom stereocenters. The zero-order valence-electron chi connectivity index (χ0n) is 17.2. The fraction of sp³-hybridized carbons (Fsp3) is 0.211. The summed E-state index contributed by atoms with van der Waals surface area (Å²) in [6.45, 7) is -0.361. The standard InChI is InChI=1S/C10H9BFNO5.C9H9BFNO3/c12-8-1-5-4-18-11(17)7(5)2-6(8)10(16)13-3-9(14)15;1-12-9(13)6-3-7-5(2-8(6)11)4-15-10(7)14/h1-2,17H,3-4H2,(H,13,16)(H,14,15);2-3,14H,4H2,1H3,(H,12,13). The molecule has 2 aromatic rings. The molecule has 14 heteroatoms. The van der Waals surface area contributed by atoms with Crippen molar-refractivity contribution in [2.45, 2.75) is 13.2 Å². The molecule has 0 saturated carbocycles. The fourth-order valence-corrected chi connectivity index (χ4v) is 3.22. The highest BCUT2D eigenvalue weighted by Crippen LogP contribution is 2.16. The van der Waals surface area contributed by atoms with Crippen LogP contribution in [0.5, 0.6) is 0 Å². The maximum atomic E-state index is 13.6. The smallest absolute Gasteiger partial charge is 0.480 e. The van der Waals surface area contributed by atoms with Gasteiger partial charge in [0, 0.05) is 7.05 Å². The van der Waals surface area contributed by atoms with Crippen LogP contribution in [0.1, 0.15) is 31.8 Å². The zero-order valence-corrected chi connectivity index (χ0v) is 17.2. The third-order valence-corrected chi connectivity index (χ3v) is 4.90. The molecule has 0 bridgehead atoms. The molecular weight excluding hydrogens is 444 g/mol. The normalized spacial score (nSPS) is 13.6. The monoisotopic (exact) mass is 462 g/mol. The van der Waals surface area contributed by atoms with Crippen LogP contribution in [0.25, 0.3) is 0 Å². The molecule has 10 nitrogen and oxygen atoms in total. The van der Waals surface area contributed by atoms with E-state index in [1.807, 2.05) is 5.32 Å². The number of aliphatic carboxylic acids is 1. The second-order valence-corrected chi connectivity index (χ2v) is 7.04. The van der Waals surface area contributed by atoms with E-state index in [1.165, 1.54) is 25.2 Å². The molecule has 2 amide bonds. The van der Waals surface area contributed by atoms with Gasteiger partial charge in [0.25, 0.3) is 11.8 Å². The summed E-state index contributed by atoms with van der Waals surface area (Å²) in [4.78, 5) is 33.1. The first-order valence-electron chi connectivity index (χ1n) is 9.58. The van der Waals surface area contributed by atoms with Crippen molar-refractivity contribution in [1.29, 1.82) is 0 Å². The second kappa shape index (κ2) is 10.1. The summed E-state index contributed by atoms with van der Waals surface area (Å²) in [7, 11) is -0.835. The third-order valence-electron chi connectivity index (χ3n) is 4.90. The Hall–Kier alpha value is -3.32. The molecule has 2 heterocycles. The predicted molar refractivity (Wildman–Crippen MR) is 111 cm³/mol. The van der Waals surface area contributed by atoms with Crippen molar-refractivity contribution in [3.63, 3.8) is 0 Å². The lowest BCUT2D eigenvalue weighted by molar-refractivity contribution is -0.135. The number of amides is 2. The molecule has 0 aromatic heterocycles. The van der Waals surface area contributed by atoms with Crippen LogP contribution >= 0.6 is 0 Å². The Labute approximate surface area is 186 Å². The minimum atomic E-state index is -1.23. The maximum absolute atomic E-state index is 13.6. The summed E-state index contributed by atoms with van der Waals surface area (Å²) in [5.74, 6) is -3.99. The third kappa shape index (κ3) is 5.37. The first kappa shape index (κ1) is 24.3. The number of rotatable bonds is 4. The molecule has 0 saturated heterocycles. The van der Waals surface area contributed by atoms with Crippen LogP contribution in [-0.4, -0.2) is 60.8 Å². The van der Waals surface area contributed by atoms with E-state index in [1.54, 1.807) is 0 Å². The molecule has 2 aliphatic rings. The minimum absolute atomic E-state index is 0.0739. The van der Waals surface area contributed by atoms with Crippen LogP contribution in [-0.2, 0) is 27.3 Å². The number of halogens is 2. The van der Waals surface area contributed by atoms with Gasteiger partial charge in [-0.25, -0.2) is 8.78 Å². The van der Waals surface area contributed by atoms with Crippen LogP contribution in [0.4, 0.5) is 8.78 Å². The Morgan fingerprint density at radius 3 is 1.79 bits per heavy atom. The largest absolute Gasteiger partial charge is 0.491 e. The van der Waals surface area contributed by atoms with Crippen molar-refractivity contribution in [2.24, 2.45) is 0 Å². The van der Waals surface area contributed by atoms with Crippen LogP contribution in [0.3, 0.4) is 0 Å². The topological polar surface area (TPSA) is 154 Å². The number of hydrogen-bond donors (Lipinski definition) is 5. The molecule has 0 spiro atoms. The Kier molecular flexibility index (Phi) is 7.43. The zero-order chi connectivity index (χ0) is 24.3. The maximum Gasteiger partial charge on any atom is 0.491 e. The van der Waals surface area contributed by atoms with Gasteiger partial charge in [0.15, 0.2) is 0 Å². The lowest BCUT2D eigenvalue weighted by Gasteiger charge is -2.06. The molecule has 2 aliphatic heterocycles. The summed E-state index contributed by atoms with van der Waals surface area (Å²) in [6.07, 6.45) is 0. The van der Waals surface area contributed by atoms with E-state index in [2.05, 4.69) is 5.32 Å². The van der Waals surface area contributed by atoms with Crippen LogP contribution in [0.15, 0.2) is 24.3 Å². The van der Waals surface area contributed by atoms with Gasteiger partial charge < -0.3 is 35.1 Å². The van der Waals surface area contributed by atoms with Crippen molar-refractivity contribution in [2.75, 3.05) is 13.6 Å². The van der Waals surface area contributed by atoms with E-state index in [0.717, 1.165) is 6.07 Å². The number of fused-ring (bicyclic) bond motifs is 2.